The molecule has 9 unspecified atom stereocenters. The molecule has 0 aromatic rings. The highest BCUT2D eigenvalue weighted by Gasteiger charge is 2.30. The van der Waals surface area contributed by atoms with Crippen LogP contribution in [0.3, 0.4) is 0 Å². The molecular weight excluding hydrogens is 870 g/mol. The van der Waals surface area contributed by atoms with E-state index in [1.54, 1.807) is 11.9 Å². The molecule has 0 radical (unpaired) electrons. The van der Waals surface area contributed by atoms with E-state index in [-0.39, 0.29) is 78.5 Å². The maximum Gasteiger partial charge on any atom is 0.122 e. The summed E-state index contributed by atoms with van der Waals surface area (Å²) in [5, 5.41) is 119. The summed E-state index contributed by atoms with van der Waals surface area (Å²) in [6, 6.07) is 0. The summed E-state index contributed by atoms with van der Waals surface area (Å²) in [7, 11) is 3.66. The average molecular weight is 958 g/mol. The highest BCUT2D eigenvalue weighted by Crippen LogP contribution is 2.10. The van der Waals surface area contributed by atoms with Gasteiger partial charge in [-0.25, -0.2) is 0 Å². The highest BCUT2D eigenvalue weighted by atomic mass is 16.6. The summed E-state index contributed by atoms with van der Waals surface area (Å²) in [4.78, 5) is 13.4. The van der Waals surface area contributed by atoms with Gasteiger partial charge in [-0.3, -0.25) is 4.90 Å². The Morgan fingerprint density at radius 3 is 1.08 bits per heavy atom. The first-order valence-electron chi connectivity index (χ1n) is 22.4. The van der Waals surface area contributed by atoms with Crippen LogP contribution in [0.15, 0.2) is 0 Å². The van der Waals surface area contributed by atoms with Crippen LogP contribution in [0.5, 0.6) is 0 Å². The van der Waals surface area contributed by atoms with Crippen molar-refractivity contribution in [2.75, 3.05) is 179 Å². The smallest absolute Gasteiger partial charge is 0.122 e. The third kappa shape index (κ3) is 40.4. The number of nitrogens with zero attached hydrogens (tertiary/aromatic N) is 2. The molecule has 9 atom stereocenters. The van der Waals surface area contributed by atoms with E-state index in [1.165, 1.54) is 4.90 Å². The maximum absolute atomic E-state index is 10.3. The van der Waals surface area contributed by atoms with Crippen molar-refractivity contribution < 1.29 is 104 Å². The fraction of sp³-hybridized carbons (Fsp3) is 0.976. The number of aldehydes is 1. The van der Waals surface area contributed by atoms with Gasteiger partial charge in [0.15, 0.2) is 0 Å². The fourth-order valence-corrected chi connectivity index (χ4v) is 5.44. The van der Waals surface area contributed by atoms with Crippen LogP contribution < -0.4 is 5.32 Å². The zero-order valence-electron chi connectivity index (χ0n) is 38.7. The van der Waals surface area contributed by atoms with E-state index in [0.29, 0.717) is 105 Å². The molecule has 0 saturated heterocycles. The lowest BCUT2D eigenvalue weighted by Gasteiger charge is -2.32. The van der Waals surface area contributed by atoms with Gasteiger partial charge in [-0.2, -0.15) is 0 Å². The Morgan fingerprint density at radius 2 is 0.738 bits per heavy atom. The SMILES string of the molecule is CNCCOCCOCCOCCOCCN(C)CC(O)C(O)C(O)CCO.O=CCCOCCOCCOCCOCCN(CC(O)C(O)C(O)CCO)CC(O)C(O)C(O)CCO. The summed E-state index contributed by atoms with van der Waals surface area (Å²) < 4.78 is 42.9. The third-order valence-electron chi connectivity index (χ3n) is 9.31. The lowest BCUT2D eigenvalue weighted by molar-refractivity contribution is -0.109. The van der Waals surface area contributed by atoms with Crippen molar-refractivity contribution in [1.82, 2.24) is 15.1 Å². The Hall–Kier alpha value is -1.25. The molecule has 0 amide bonds. The average Bonchev–Trinajstić information content (AvgIpc) is 3.28. The molecule has 0 spiro atoms. The molecule has 0 aliphatic rings. The summed E-state index contributed by atoms with van der Waals surface area (Å²) in [5.74, 6) is 0. The zero-order valence-corrected chi connectivity index (χ0v) is 38.7. The van der Waals surface area contributed by atoms with Crippen molar-refractivity contribution in [3.05, 3.63) is 0 Å². The van der Waals surface area contributed by atoms with E-state index >= 15 is 0 Å². The molecule has 24 heteroatoms. The van der Waals surface area contributed by atoms with Gasteiger partial charge in [0.2, 0.25) is 0 Å². The molecule has 0 aliphatic heterocycles. The molecule has 0 saturated carbocycles. The second-order valence-corrected chi connectivity index (χ2v) is 14.9. The number of carbonyl (C=O) groups excluding carboxylic acids is 1. The summed E-state index contributed by atoms with van der Waals surface area (Å²) in [6.07, 6.45) is -11.3. The largest absolute Gasteiger partial charge is 0.396 e. The standard InChI is InChI=1S/C23H47NO13.C18H40N2O8/c25-5-1-8-34-10-12-36-14-15-37-13-11-35-9-4-24(16-20(30)22(32)18(28)2-6-26)17-21(31)23(33)19(29)3-7-27;1-19-4-7-25-9-11-27-13-14-28-12-10-26-8-5-20(2)15-17(23)18(24)16(22)3-6-21/h5,18-23,26-33H,1-4,6-17H2;16-19,21-24H,3-15H2,1-2H3. The van der Waals surface area contributed by atoms with Crippen molar-refractivity contribution in [1.29, 1.82) is 0 Å². The number of likely N-dealkylation sites (N-methyl/N-ethyl adjacent to an activating group) is 2. The predicted molar refractivity (Wildman–Crippen MR) is 234 cm³/mol. The topological polar surface area (TPSA) is 352 Å². The molecular formula is C41H87N3O21. The predicted octanol–water partition coefficient (Wildman–Crippen LogP) is -6.46. The van der Waals surface area contributed by atoms with Crippen LogP contribution in [0, 0.1) is 0 Å². The fourth-order valence-electron chi connectivity index (χ4n) is 5.44. The normalized spacial score (nSPS) is 16.1. The third-order valence-corrected chi connectivity index (χ3v) is 9.31. The summed E-state index contributed by atoms with van der Waals surface area (Å²) in [5.41, 5.74) is 0. The number of rotatable bonds is 48. The van der Waals surface area contributed by atoms with Gasteiger partial charge in [0.25, 0.3) is 0 Å². The number of ether oxygens (including phenoxy) is 8. The van der Waals surface area contributed by atoms with Gasteiger partial charge in [-0.05, 0) is 33.4 Å². The molecule has 0 heterocycles. The van der Waals surface area contributed by atoms with Crippen molar-refractivity contribution in [3.8, 4) is 0 Å². The first kappa shape index (κ1) is 65.8. The molecule has 24 nitrogen and oxygen atoms in total. The number of hydrogen-bond donors (Lipinski definition) is 13. The maximum atomic E-state index is 10.3. The van der Waals surface area contributed by atoms with Crippen molar-refractivity contribution in [2.24, 2.45) is 0 Å². The molecule has 392 valence electrons. The minimum atomic E-state index is -1.55. The lowest BCUT2D eigenvalue weighted by atomic mass is 10.0. The Balaban J connectivity index is 0. The minimum Gasteiger partial charge on any atom is -0.396 e. The first-order chi connectivity index (χ1) is 31.3. The Morgan fingerprint density at radius 1 is 0.431 bits per heavy atom. The second kappa shape index (κ2) is 47.8. The Kier molecular flexibility index (Phi) is 48.4. The van der Waals surface area contributed by atoms with Gasteiger partial charge in [-0.15, -0.1) is 0 Å². The molecule has 0 aromatic heterocycles. The van der Waals surface area contributed by atoms with E-state index in [4.69, 9.17) is 53.2 Å². The molecule has 0 aliphatic carbocycles. The van der Waals surface area contributed by atoms with Gasteiger partial charge in [-0.1, -0.05) is 0 Å². The van der Waals surface area contributed by atoms with E-state index in [0.717, 1.165) is 12.8 Å². The van der Waals surface area contributed by atoms with Gasteiger partial charge in [0, 0.05) is 65.5 Å². The monoisotopic (exact) mass is 958 g/mol. The van der Waals surface area contributed by atoms with E-state index in [9.17, 15) is 50.8 Å². The number of nitrogens with one attached hydrogen (secondary N) is 1. The van der Waals surface area contributed by atoms with E-state index in [1.807, 2.05) is 7.05 Å². The molecule has 0 rings (SSSR count). The minimum absolute atomic E-state index is 0.0283. The zero-order chi connectivity index (χ0) is 48.9. The molecule has 0 bridgehead atoms. The van der Waals surface area contributed by atoms with Crippen molar-refractivity contribution >= 4 is 6.29 Å². The quantitative estimate of drug-likeness (QED) is 0.0199. The van der Waals surface area contributed by atoms with Crippen molar-refractivity contribution in [2.45, 2.75) is 80.6 Å². The summed E-state index contributed by atoms with van der Waals surface area (Å²) >= 11 is 0. The van der Waals surface area contributed by atoms with E-state index < -0.39 is 54.9 Å². The number of aliphatic hydroxyl groups is 12. The molecule has 0 aromatic carbocycles. The van der Waals surface area contributed by atoms with Crippen LogP contribution in [-0.4, -0.2) is 311 Å². The van der Waals surface area contributed by atoms with Gasteiger partial charge in [0.1, 0.15) is 24.6 Å². The number of aliphatic hydroxyl groups excluding tert-OH is 12. The Bertz CT molecular complexity index is 966. The van der Waals surface area contributed by atoms with Crippen molar-refractivity contribution in [3.63, 3.8) is 0 Å². The van der Waals surface area contributed by atoms with Gasteiger partial charge >= 0.3 is 0 Å². The number of carbonyl (C=O) groups is 1. The lowest BCUT2D eigenvalue weighted by Crippen LogP contribution is -2.50. The van der Waals surface area contributed by atoms with Crippen LogP contribution in [0.4, 0.5) is 0 Å². The van der Waals surface area contributed by atoms with Crippen LogP contribution in [0.1, 0.15) is 25.7 Å². The molecule has 65 heavy (non-hydrogen) atoms. The number of hydrogen-bond acceptors (Lipinski definition) is 24. The van der Waals surface area contributed by atoms with Crippen LogP contribution in [0.2, 0.25) is 0 Å². The van der Waals surface area contributed by atoms with Crippen LogP contribution in [0.25, 0.3) is 0 Å². The molecule has 0 fully saturated rings. The second-order valence-electron chi connectivity index (χ2n) is 14.9. The van der Waals surface area contributed by atoms with Gasteiger partial charge in [0.05, 0.1) is 142 Å². The van der Waals surface area contributed by atoms with Crippen LogP contribution >= 0.6 is 0 Å². The highest BCUT2D eigenvalue weighted by molar-refractivity contribution is 5.49. The summed E-state index contributed by atoms with van der Waals surface area (Å²) in [6.45, 7) is 7.17. The Labute approximate surface area is 384 Å². The van der Waals surface area contributed by atoms with Crippen LogP contribution in [-0.2, 0) is 42.7 Å². The van der Waals surface area contributed by atoms with E-state index in [2.05, 4.69) is 5.32 Å². The first-order valence-corrected chi connectivity index (χ1v) is 22.4. The van der Waals surface area contributed by atoms with Gasteiger partial charge < -0.3 is 114 Å². The molecule has 13 N–H and O–H groups in total.